The van der Waals surface area contributed by atoms with Crippen LogP contribution in [0.5, 0.6) is 0 Å². The number of nitrogens with zero attached hydrogens (tertiary/aromatic N) is 2. The monoisotopic (exact) mass is 304 g/mol. The number of hydrogen-bond donors (Lipinski definition) is 2. The van der Waals surface area contributed by atoms with Crippen molar-refractivity contribution in [1.82, 2.24) is 14.4 Å². The molecule has 0 aliphatic rings. The molecule has 2 N–H and O–H groups in total. The van der Waals surface area contributed by atoms with Crippen molar-refractivity contribution in [3.05, 3.63) is 76.6 Å². The summed E-state index contributed by atoms with van der Waals surface area (Å²) in [6.45, 7) is 0. The predicted molar refractivity (Wildman–Crippen MR) is 87.7 cm³/mol. The lowest BCUT2D eigenvalue weighted by atomic mass is 10.2. The molecule has 0 spiro atoms. The van der Waals surface area contributed by atoms with E-state index in [0.717, 1.165) is 11.0 Å². The Morgan fingerprint density at radius 1 is 1.04 bits per heavy atom. The molecule has 2 aromatic carbocycles. The number of anilines is 1. The number of para-hydroxylation sites is 2. The average molecular weight is 304 g/mol. The molecular weight excluding hydrogens is 292 g/mol. The predicted octanol–water partition coefficient (Wildman–Crippen LogP) is 2.43. The summed E-state index contributed by atoms with van der Waals surface area (Å²) in [5, 5.41) is 2.78. The van der Waals surface area contributed by atoms with E-state index in [4.69, 9.17) is 0 Å². The van der Waals surface area contributed by atoms with Gasteiger partial charge in [-0.05, 0) is 24.3 Å². The maximum atomic E-state index is 12.4. The van der Waals surface area contributed by atoms with Gasteiger partial charge in [0.15, 0.2) is 0 Å². The second kappa shape index (κ2) is 5.10. The Morgan fingerprint density at radius 2 is 1.78 bits per heavy atom. The lowest BCUT2D eigenvalue weighted by Crippen LogP contribution is -2.18. The van der Waals surface area contributed by atoms with E-state index in [-0.39, 0.29) is 11.5 Å². The number of aromatic nitrogens is 3. The summed E-state index contributed by atoms with van der Waals surface area (Å²) in [4.78, 5) is 31.3. The van der Waals surface area contributed by atoms with Crippen LogP contribution in [0, 0.1) is 0 Å². The average Bonchev–Trinajstić information content (AvgIpc) is 2.93. The topological polar surface area (TPSA) is 79.3 Å². The molecule has 0 unspecified atom stereocenters. The molecule has 2 aromatic heterocycles. The maximum absolute atomic E-state index is 12.4. The summed E-state index contributed by atoms with van der Waals surface area (Å²) in [6.07, 6.45) is 0. The molecule has 1 amide bonds. The van der Waals surface area contributed by atoms with Gasteiger partial charge < -0.3 is 5.32 Å². The molecule has 2 heterocycles. The Kier molecular flexibility index (Phi) is 2.94. The molecule has 0 fully saturated rings. The number of aromatic amines is 1. The van der Waals surface area contributed by atoms with Gasteiger partial charge in [0.1, 0.15) is 5.82 Å². The second-order valence-corrected chi connectivity index (χ2v) is 5.10. The van der Waals surface area contributed by atoms with Gasteiger partial charge in [0.25, 0.3) is 11.5 Å². The van der Waals surface area contributed by atoms with Crippen LogP contribution < -0.4 is 10.9 Å². The van der Waals surface area contributed by atoms with E-state index in [0.29, 0.717) is 17.2 Å². The van der Waals surface area contributed by atoms with Crippen LogP contribution in [0.3, 0.4) is 0 Å². The summed E-state index contributed by atoms with van der Waals surface area (Å²) in [5.74, 6) is 0.489. The Bertz CT molecular complexity index is 1080. The number of imidazole rings is 1. The van der Waals surface area contributed by atoms with Crippen molar-refractivity contribution in [3.63, 3.8) is 0 Å². The van der Waals surface area contributed by atoms with Gasteiger partial charge in [-0.2, -0.15) is 0 Å². The number of hydrogen-bond acceptors (Lipinski definition) is 3. The molecule has 6 heteroatoms. The highest BCUT2D eigenvalue weighted by molar-refractivity contribution is 6.04. The molecule has 0 aliphatic carbocycles. The molecule has 0 saturated carbocycles. The zero-order valence-electron chi connectivity index (χ0n) is 12.0. The molecule has 0 saturated heterocycles. The summed E-state index contributed by atoms with van der Waals surface area (Å²) < 4.78 is 1.72. The van der Waals surface area contributed by atoms with E-state index < -0.39 is 0 Å². The lowest BCUT2D eigenvalue weighted by Gasteiger charge is -2.08. The molecule has 6 nitrogen and oxygen atoms in total. The third-order valence-electron chi connectivity index (χ3n) is 3.58. The van der Waals surface area contributed by atoms with Crippen molar-refractivity contribution in [3.8, 4) is 0 Å². The second-order valence-electron chi connectivity index (χ2n) is 5.10. The van der Waals surface area contributed by atoms with Crippen LogP contribution in [-0.2, 0) is 0 Å². The zero-order valence-corrected chi connectivity index (χ0v) is 12.0. The van der Waals surface area contributed by atoms with Gasteiger partial charge in [0.2, 0.25) is 5.78 Å². The first kappa shape index (κ1) is 13.3. The van der Waals surface area contributed by atoms with Gasteiger partial charge in [-0.1, -0.05) is 30.3 Å². The summed E-state index contributed by atoms with van der Waals surface area (Å²) in [7, 11) is 0. The number of benzene rings is 2. The normalized spacial score (nSPS) is 11.0. The number of carbonyl (C=O) groups excluding carboxylic acids is 1. The van der Waals surface area contributed by atoms with Crippen molar-refractivity contribution in [2.75, 3.05) is 5.32 Å². The molecule has 4 aromatic rings. The number of rotatable bonds is 2. The largest absolute Gasteiger partial charge is 0.307 e. The van der Waals surface area contributed by atoms with E-state index in [1.54, 1.807) is 28.7 Å². The number of H-pyrrole nitrogens is 1. The Hall–Kier alpha value is -3.41. The summed E-state index contributed by atoms with van der Waals surface area (Å²) >= 11 is 0. The minimum atomic E-state index is -0.323. The van der Waals surface area contributed by atoms with Crippen LogP contribution in [0.15, 0.2) is 65.5 Å². The van der Waals surface area contributed by atoms with E-state index >= 15 is 0 Å². The Labute approximate surface area is 130 Å². The number of amides is 1. The first-order chi connectivity index (χ1) is 11.2. The van der Waals surface area contributed by atoms with Gasteiger partial charge in [-0.25, -0.2) is 4.98 Å². The van der Waals surface area contributed by atoms with E-state index in [1.807, 2.05) is 30.3 Å². The lowest BCUT2D eigenvalue weighted by molar-refractivity contribution is 0.102. The molecule has 112 valence electrons. The molecule has 4 rings (SSSR count). The van der Waals surface area contributed by atoms with Gasteiger partial charge in [0.05, 0.1) is 11.0 Å². The zero-order chi connectivity index (χ0) is 15.8. The third-order valence-corrected chi connectivity index (χ3v) is 3.58. The highest BCUT2D eigenvalue weighted by atomic mass is 16.2. The third kappa shape index (κ3) is 2.26. The molecule has 23 heavy (non-hydrogen) atoms. The van der Waals surface area contributed by atoms with Crippen molar-refractivity contribution in [2.45, 2.75) is 0 Å². The van der Waals surface area contributed by atoms with Gasteiger partial charge in [0, 0.05) is 11.6 Å². The summed E-state index contributed by atoms with van der Waals surface area (Å²) in [6, 6.07) is 17.7. The summed E-state index contributed by atoms with van der Waals surface area (Å²) in [5.41, 5.74) is 1.74. The Morgan fingerprint density at radius 3 is 2.61 bits per heavy atom. The molecule has 0 atom stereocenters. The van der Waals surface area contributed by atoms with Crippen LogP contribution in [0.4, 0.5) is 5.82 Å². The van der Waals surface area contributed by atoms with Crippen molar-refractivity contribution in [2.24, 2.45) is 0 Å². The SMILES string of the molecule is O=C(Nc1cc(=O)[nH]c2nc3ccccc3n12)c1ccccc1. The first-order valence-electron chi connectivity index (χ1n) is 7.09. The molecule has 0 bridgehead atoms. The van der Waals surface area contributed by atoms with Crippen molar-refractivity contribution in [1.29, 1.82) is 0 Å². The van der Waals surface area contributed by atoms with E-state index in [1.165, 1.54) is 6.07 Å². The minimum absolute atomic E-state index is 0.282. The van der Waals surface area contributed by atoms with E-state index in [9.17, 15) is 9.59 Å². The maximum Gasteiger partial charge on any atom is 0.256 e. The van der Waals surface area contributed by atoms with Gasteiger partial charge >= 0.3 is 0 Å². The fourth-order valence-corrected chi connectivity index (χ4v) is 2.56. The molecular formula is C17H12N4O2. The highest BCUT2D eigenvalue weighted by Gasteiger charge is 2.12. The van der Waals surface area contributed by atoms with Gasteiger partial charge in [-0.15, -0.1) is 0 Å². The van der Waals surface area contributed by atoms with Crippen LogP contribution in [-0.4, -0.2) is 20.3 Å². The highest BCUT2D eigenvalue weighted by Crippen LogP contribution is 2.19. The molecule has 0 aliphatic heterocycles. The van der Waals surface area contributed by atoms with Crippen LogP contribution in [0.1, 0.15) is 10.4 Å². The van der Waals surface area contributed by atoms with E-state index in [2.05, 4.69) is 15.3 Å². The smallest absolute Gasteiger partial charge is 0.256 e. The number of nitrogens with one attached hydrogen (secondary N) is 2. The van der Waals surface area contributed by atoms with Crippen LogP contribution >= 0.6 is 0 Å². The van der Waals surface area contributed by atoms with Crippen molar-refractivity contribution < 1.29 is 4.79 Å². The number of fused-ring (bicyclic) bond motifs is 3. The fourth-order valence-electron chi connectivity index (χ4n) is 2.56. The van der Waals surface area contributed by atoms with Crippen molar-refractivity contribution >= 4 is 28.5 Å². The van der Waals surface area contributed by atoms with Gasteiger partial charge in [-0.3, -0.25) is 19.0 Å². The quantitative estimate of drug-likeness (QED) is 0.597. The standard InChI is InChI=1S/C17H12N4O2/c22-15-10-14(19-16(23)11-6-2-1-3-7-11)21-13-9-5-4-8-12(13)18-17(21)20-15/h1-10H,(H,19,23)(H,18,20,22). The Balaban J connectivity index is 1.89. The first-order valence-corrected chi connectivity index (χ1v) is 7.09. The van der Waals surface area contributed by atoms with Crippen LogP contribution in [0.2, 0.25) is 0 Å². The number of carbonyl (C=O) groups is 1. The molecule has 0 radical (unpaired) electrons. The minimum Gasteiger partial charge on any atom is -0.307 e. The fraction of sp³-hybridized carbons (Fsp3) is 0. The van der Waals surface area contributed by atoms with Crippen LogP contribution in [0.25, 0.3) is 16.8 Å².